The molecule has 1 amide bonds. The number of carbonyl (C=O) groups is 1. The summed E-state index contributed by atoms with van der Waals surface area (Å²) < 4.78 is 16.3. The van der Waals surface area contributed by atoms with Crippen LogP contribution in [0.15, 0.2) is 47.8 Å². The molecular formula is C20H18N2O4S. The van der Waals surface area contributed by atoms with Crippen LogP contribution in [0, 0.1) is 0 Å². The number of hydrogen-bond acceptors (Lipinski definition) is 6. The van der Waals surface area contributed by atoms with Crippen LogP contribution in [0.4, 0.5) is 5.13 Å². The monoisotopic (exact) mass is 382 g/mol. The molecule has 0 saturated carbocycles. The van der Waals surface area contributed by atoms with E-state index in [1.807, 2.05) is 47.8 Å². The van der Waals surface area contributed by atoms with Gasteiger partial charge in [0.2, 0.25) is 6.79 Å². The maximum Gasteiger partial charge on any atom is 0.264 e. The van der Waals surface area contributed by atoms with E-state index in [4.69, 9.17) is 14.2 Å². The summed E-state index contributed by atoms with van der Waals surface area (Å²) >= 11 is 1.36. The maximum atomic E-state index is 12.2. The number of nitrogens with one attached hydrogen (secondary N) is 1. The third kappa shape index (κ3) is 3.88. The average Bonchev–Trinajstić information content (AvgIpc) is 3.35. The fraction of sp³-hybridized carbons (Fsp3) is 0.200. The van der Waals surface area contributed by atoms with Gasteiger partial charge in [0.15, 0.2) is 23.2 Å². The van der Waals surface area contributed by atoms with Crippen molar-refractivity contribution in [1.82, 2.24) is 4.98 Å². The van der Waals surface area contributed by atoms with E-state index in [2.05, 4.69) is 17.2 Å². The van der Waals surface area contributed by atoms with Gasteiger partial charge in [0.05, 0.1) is 5.69 Å². The largest absolute Gasteiger partial charge is 0.483 e. The number of thiazole rings is 1. The number of benzene rings is 2. The van der Waals surface area contributed by atoms with Crippen LogP contribution >= 0.6 is 11.3 Å². The Hall–Kier alpha value is -3.06. The van der Waals surface area contributed by atoms with Crippen molar-refractivity contribution < 1.29 is 19.0 Å². The van der Waals surface area contributed by atoms with Gasteiger partial charge in [-0.05, 0) is 36.2 Å². The molecule has 1 aliphatic rings. The number of nitrogens with zero attached hydrogens (tertiary/aromatic N) is 1. The van der Waals surface area contributed by atoms with Crippen LogP contribution < -0.4 is 19.5 Å². The zero-order chi connectivity index (χ0) is 18.6. The Kier molecular flexibility index (Phi) is 4.93. The summed E-state index contributed by atoms with van der Waals surface area (Å²) in [6.45, 7) is 2.23. The molecule has 0 unspecified atom stereocenters. The van der Waals surface area contributed by atoms with Crippen LogP contribution in [0.1, 0.15) is 12.5 Å². The molecule has 6 nitrogen and oxygen atoms in total. The molecule has 0 atom stereocenters. The molecule has 2 heterocycles. The molecule has 1 N–H and O–H groups in total. The van der Waals surface area contributed by atoms with E-state index in [1.165, 1.54) is 11.3 Å². The molecule has 1 aromatic heterocycles. The number of anilines is 1. The van der Waals surface area contributed by atoms with Crippen molar-refractivity contribution in [3.8, 4) is 28.5 Å². The average molecular weight is 382 g/mol. The summed E-state index contributed by atoms with van der Waals surface area (Å²) in [5.74, 6) is 1.92. The molecule has 138 valence electrons. The molecule has 0 saturated heterocycles. The van der Waals surface area contributed by atoms with E-state index in [9.17, 15) is 4.79 Å². The first kappa shape index (κ1) is 17.4. The fourth-order valence-corrected chi connectivity index (χ4v) is 3.49. The summed E-state index contributed by atoms with van der Waals surface area (Å²) in [7, 11) is 0. The van der Waals surface area contributed by atoms with Gasteiger partial charge in [-0.1, -0.05) is 25.1 Å². The minimum absolute atomic E-state index is 0.0596. The number of carbonyl (C=O) groups excluding carboxylic acids is 1. The Morgan fingerprint density at radius 3 is 2.96 bits per heavy atom. The molecule has 7 heteroatoms. The third-order valence-corrected chi connectivity index (χ3v) is 4.89. The lowest BCUT2D eigenvalue weighted by molar-refractivity contribution is -0.118. The Balaban J connectivity index is 1.38. The second-order valence-corrected chi connectivity index (χ2v) is 6.76. The van der Waals surface area contributed by atoms with Crippen molar-refractivity contribution in [2.24, 2.45) is 0 Å². The Bertz CT molecular complexity index is 970. The van der Waals surface area contributed by atoms with Gasteiger partial charge in [-0.3, -0.25) is 10.1 Å². The predicted octanol–water partition coefficient (Wildman–Crippen LogP) is 4.12. The second kappa shape index (κ2) is 7.67. The molecule has 0 aliphatic carbocycles. The molecule has 1 aliphatic heterocycles. The van der Waals surface area contributed by atoms with Gasteiger partial charge in [-0.25, -0.2) is 4.98 Å². The SMILES string of the molecule is CCc1ccccc1OCC(=O)Nc1nc(-c2ccc3c(c2)OCO3)cs1. The van der Waals surface area contributed by atoms with Crippen LogP contribution in [0.5, 0.6) is 17.2 Å². The van der Waals surface area contributed by atoms with Gasteiger partial charge < -0.3 is 14.2 Å². The number of ether oxygens (including phenoxy) is 3. The predicted molar refractivity (Wildman–Crippen MR) is 104 cm³/mol. The lowest BCUT2D eigenvalue weighted by Crippen LogP contribution is -2.20. The normalized spacial score (nSPS) is 12.0. The highest BCUT2D eigenvalue weighted by Gasteiger charge is 2.15. The van der Waals surface area contributed by atoms with Crippen molar-refractivity contribution in [2.75, 3.05) is 18.7 Å². The first-order valence-electron chi connectivity index (χ1n) is 8.59. The summed E-state index contributed by atoms with van der Waals surface area (Å²) in [6, 6.07) is 13.4. The number of fused-ring (bicyclic) bond motifs is 1. The zero-order valence-electron chi connectivity index (χ0n) is 14.7. The molecule has 4 rings (SSSR count). The Labute approximate surface area is 160 Å². The highest BCUT2D eigenvalue weighted by atomic mass is 32.1. The van der Waals surface area contributed by atoms with Gasteiger partial charge in [0.1, 0.15) is 5.75 Å². The van der Waals surface area contributed by atoms with Crippen molar-refractivity contribution in [2.45, 2.75) is 13.3 Å². The van der Waals surface area contributed by atoms with Crippen molar-refractivity contribution >= 4 is 22.4 Å². The molecule has 0 fully saturated rings. The van der Waals surface area contributed by atoms with Crippen LogP contribution in [-0.4, -0.2) is 24.3 Å². The van der Waals surface area contributed by atoms with Crippen molar-refractivity contribution in [3.63, 3.8) is 0 Å². The first-order chi connectivity index (χ1) is 13.2. The number of para-hydroxylation sites is 1. The standard InChI is InChI=1S/C20H18N2O4S/c1-2-13-5-3-4-6-16(13)24-10-19(23)22-20-21-15(11-27-20)14-7-8-17-18(9-14)26-12-25-17/h3-9,11H,2,10,12H2,1H3,(H,21,22,23). The minimum atomic E-state index is -0.243. The van der Waals surface area contributed by atoms with Gasteiger partial charge in [-0.15, -0.1) is 11.3 Å². The summed E-state index contributed by atoms with van der Waals surface area (Å²) in [5, 5.41) is 5.20. The highest BCUT2D eigenvalue weighted by Crippen LogP contribution is 2.36. The van der Waals surface area contributed by atoms with Crippen LogP contribution in [-0.2, 0) is 11.2 Å². The molecule has 3 aromatic rings. The number of aromatic nitrogens is 1. The van der Waals surface area contributed by atoms with E-state index < -0.39 is 0 Å². The fourth-order valence-electron chi connectivity index (χ4n) is 2.75. The van der Waals surface area contributed by atoms with Gasteiger partial charge in [0, 0.05) is 10.9 Å². The molecule has 2 aromatic carbocycles. The second-order valence-electron chi connectivity index (χ2n) is 5.90. The van der Waals surface area contributed by atoms with Crippen molar-refractivity contribution in [1.29, 1.82) is 0 Å². The molecule has 0 spiro atoms. The van der Waals surface area contributed by atoms with Crippen LogP contribution in [0.2, 0.25) is 0 Å². The number of rotatable bonds is 6. The van der Waals surface area contributed by atoms with Gasteiger partial charge in [-0.2, -0.15) is 0 Å². The van der Waals surface area contributed by atoms with E-state index in [0.717, 1.165) is 34.7 Å². The quantitative estimate of drug-likeness (QED) is 0.694. The maximum absolute atomic E-state index is 12.2. The van der Waals surface area contributed by atoms with Crippen molar-refractivity contribution in [3.05, 3.63) is 53.4 Å². The molecular weight excluding hydrogens is 364 g/mol. The van der Waals surface area contributed by atoms with E-state index >= 15 is 0 Å². The number of aryl methyl sites for hydroxylation is 1. The van der Waals surface area contributed by atoms with Crippen LogP contribution in [0.3, 0.4) is 0 Å². The Morgan fingerprint density at radius 2 is 2.07 bits per heavy atom. The topological polar surface area (TPSA) is 69.7 Å². The minimum Gasteiger partial charge on any atom is -0.483 e. The highest BCUT2D eigenvalue weighted by molar-refractivity contribution is 7.14. The zero-order valence-corrected chi connectivity index (χ0v) is 15.5. The summed E-state index contributed by atoms with van der Waals surface area (Å²) in [5.41, 5.74) is 2.75. The van der Waals surface area contributed by atoms with Crippen LogP contribution in [0.25, 0.3) is 11.3 Å². The smallest absolute Gasteiger partial charge is 0.264 e. The van der Waals surface area contributed by atoms with E-state index in [1.54, 1.807) is 0 Å². The Morgan fingerprint density at radius 1 is 1.22 bits per heavy atom. The molecule has 0 radical (unpaired) electrons. The summed E-state index contributed by atoms with van der Waals surface area (Å²) in [6.07, 6.45) is 0.850. The summed E-state index contributed by atoms with van der Waals surface area (Å²) in [4.78, 5) is 16.6. The van der Waals surface area contributed by atoms with E-state index in [-0.39, 0.29) is 19.3 Å². The number of amides is 1. The lowest BCUT2D eigenvalue weighted by atomic mass is 10.1. The molecule has 0 bridgehead atoms. The molecule has 27 heavy (non-hydrogen) atoms. The number of hydrogen-bond donors (Lipinski definition) is 1. The lowest BCUT2D eigenvalue weighted by Gasteiger charge is -2.09. The van der Waals surface area contributed by atoms with Gasteiger partial charge in [0.25, 0.3) is 5.91 Å². The van der Waals surface area contributed by atoms with E-state index in [0.29, 0.717) is 10.9 Å². The third-order valence-electron chi connectivity index (χ3n) is 4.13. The van der Waals surface area contributed by atoms with Gasteiger partial charge >= 0.3 is 0 Å². The first-order valence-corrected chi connectivity index (χ1v) is 9.47.